The maximum atomic E-state index is 12.1. The summed E-state index contributed by atoms with van der Waals surface area (Å²) in [5.74, 6) is 2.31. The van der Waals surface area contributed by atoms with Crippen molar-refractivity contribution in [3.05, 3.63) is 40.4 Å². The van der Waals surface area contributed by atoms with Crippen molar-refractivity contribution in [2.24, 2.45) is 11.8 Å². The highest BCUT2D eigenvalue weighted by molar-refractivity contribution is 5.77. The average Bonchev–Trinajstić information content (AvgIpc) is 2.37. The van der Waals surface area contributed by atoms with Gasteiger partial charge < -0.3 is 9.88 Å². The van der Waals surface area contributed by atoms with E-state index in [1.54, 1.807) is 0 Å². The van der Waals surface area contributed by atoms with Crippen LogP contribution in [0.1, 0.15) is 26.1 Å². The van der Waals surface area contributed by atoms with Crippen molar-refractivity contribution < 1.29 is 4.90 Å². The Morgan fingerprint density at radius 3 is 2.70 bits per heavy atom. The van der Waals surface area contributed by atoms with Gasteiger partial charge >= 0.3 is 0 Å². The van der Waals surface area contributed by atoms with Crippen LogP contribution in [0.4, 0.5) is 0 Å². The van der Waals surface area contributed by atoms with Crippen LogP contribution in [0.15, 0.2) is 29.1 Å². The molecule has 2 heterocycles. The molecule has 0 aliphatic carbocycles. The quantitative estimate of drug-likeness (QED) is 0.856. The summed E-state index contributed by atoms with van der Waals surface area (Å²) in [6, 6.07) is 7.53. The third-order valence-electron chi connectivity index (χ3n) is 4.16. The van der Waals surface area contributed by atoms with Gasteiger partial charge in [0.05, 0.1) is 24.0 Å². The number of hydrogen-bond donors (Lipinski definition) is 2. The predicted molar refractivity (Wildman–Crippen MR) is 79.7 cm³/mol. The molecular formula is C16H22N3O+. The Kier molecular flexibility index (Phi) is 3.57. The minimum Gasteiger partial charge on any atom is -0.328 e. The molecule has 0 amide bonds. The van der Waals surface area contributed by atoms with Gasteiger partial charge in [0.1, 0.15) is 6.54 Å². The summed E-state index contributed by atoms with van der Waals surface area (Å²) in [4.78, 5) is 21.1. The highest BCUT2D eigenvalue weighted by Gasteiger charge is 2.25. The van der Waals surface area contributed by atoms with E-state index in [0.717, 1.165) is 29.7 Å². The molecule has 3 rings (SSSR count). The van der Waals surface area contributed by atoms with E-state index in [4.69, 9.17) is 0 Å². The maximum absolute atomic E-state index is 12.1. The second kappa shape index (κ2) is 5.37. The molecule has 2 N–H and O–H groups in total. The fourth-order valence-electron chi connectivity index (χ4n) is 3.52. The van der Waals surface area contributed by atoms with Crippen LogP contribution in [-0.2, 0) is 6.54 Å². The number of rotatable bonds is 2. The van der Waals surface area contributed by atoms with Crippen LogP contribution in [0.3, 0.4) is 0 Å². The zero-order valence-corrected chi connectivity index (χ0v) is 12.1. The molecule has 0 bridgehead atoms. The van der Waals surface area contributed by atoms with Crippen LogP contribution in [0.2, 0.25) is 0 Å². The summed E-state index contributed by atoms with van der Waals surface area (Å²) in [7, 11) is 0. The number of nitrogens with zero attached hydrogens (tertiary/aromatic N) is 1. The second-order valence-electron chi connectivity index (χ2n) is 6.31. The molecule has 1 aliphatic rings. The normalized spacial score (nSPS) is 26.8. The maximum Gasteiger partial charge on any atom is 0.258 e. The predicted octanol–water partition coefficient (Wildman–Crippen LogP) is 0.984. The van der Waals surface area contributed by atoms with Gasteiger partial charge in [-0.3, -0.25) is 4.79 Å². The topological polar surface area (TPSA) is 50.2 Å². The van der Waals surface area contributed by atoms with Crippen LogP contribution < -0.4 is 10.5 Å². The minimum absolute atomic E-state index is 0.0249. The molecule has 1 aromatic heterocycles. The first kappa shape index (κ1) is 13.3. The Morgan fingerprint density at radius 1 is 1.25 bits per heavy atom. The van der Waals surface area contributed by atoms with E-state index in [-0.39, 0.29) is 5.56 Å². The van der Waals surface area contributed by atoms with E-state index in [1.807, 2.05) is 24.3 Å². The molecule has 1 fully saturated rings. The van der Waals surface area contributed by atoms with Crippen LogP contribution in [-0.4, -0.2) is 23.1 Å². The van der Waals surface area contributed by atoms with Gasteiger partial charge in [0.2, 0.25) is 0 Å². The standard InChI is InChI=1S/C16H21N3O/c1-11-7-12(2)9-19(8-11)10-15-17-14-6-4-3-5-13(14)16(20)18-15/h3-6,11-12H,7-10H2,1-2H3,(H,17,18,20)/p+1/t11-,12+. The number of H-pyrrole nitrogens is 1. The molecule has 20 heavy (non-hydrogen) atoms. The fraction of sp³-hybridized carbons (Fsp3) is 0.500. The zero-order chi connectivity index (χ0) is 14.1. The van der Waals surface area contributed by atoms with Gasteiger partial charge in [0.25, 0.3) is 5.56 Å². The van der Waals surface area contributed by atoms with E-state index in [1.165, 1.54) is 24.4 Å². The van der Waals surface area contributed by atoms with Crippen molar-refractivity contribution >= 4 is 10.9 Å². The van der Waals surface area contributed by atoms with Crippen molar-refractivity contribution in [3.63, 3.8) is 0 Å². The van der Waals surface area contributed by atoms with Gasteiger partial charge in [0.15, 0.2) is 5.82 Å². The summed E-state index contributed by atoms with van der Waals surface area (Å²) in [5, 5.41) is 0.673. The number of piperidine rings is 1. The molecule has 0 saturated carbocycles. The number of fused-ring (bicyclic) bond motifs is 1. The number of aromatic amines is 1. The van der Waals surface area contributed by atoms with Crippen molar-refractivity contribution in [3.8, 4) is 0 Å². The Hall–Kier alpha value is -1.68. The van der Waals surface area contributed by atoms with Crippen LogP contribution >= 0.6 is 0 Å². The number of benzene rings is 1. The molecule has 106 valence electrons. The number of quaternary nitrogens is 1. The summed E-state index contributed by atoms with van der Waals surface area (Å²) in [6.45, 7) is 7.77. The first-order valence-corrected chi connectivity index (χ1v) is 7.43. The first-order chi connectivity index (χ1) is 9.61. The van der Waals surface area contributed by atoms with Crippen molar-refractivity contribution in [1.82, 2.24) is 9.97 Å². The SMILES string of the molecule is C[C@@H]1C[C@H](C)C[NH+](Cc2nc3ccccc3c(=O)[nH]2)C1. The molecule has 4 heteroatoms. The largest absolute Gasteiger partial charge is 0.328 e. The van der Waals surface area contributed by atoms with E-state index in [9.17, 15) is 4.79 Å². The summed E-state index contributed by atoms with van der Waals surface area (Å²) in [5.41, 5.74) is 0.770. The van der Waals surface area contributed by atoms with E-state index < -0.39 is 0 Å². The second-order valence-corrected chi connectivity index (χ2v) is 6.31. The highest BCUT2D eigenvalue weighted by Crippen LogP contribution is 2.12. The van der Waals surface area contributed by atoms with E-state index >= 15 is 0 Å². The van der Waals surface area contributed by atoms with Gasteiger partial charge in [-0.15, -0.1) is 0 Å². The number of aromatic nitrogens is 2. The smallest absolute Gasteiger partial charge is 0.258 e. The summed E-state index contributed by atoms with van der Waals surface area (Å²) in [6.07, 6.45) is 1.31. The molecule has 4 nitrogen and oxygen atoms in total. The van der Waals surface area contributed by atoms with Gasteiger partial charge in [-0.1, -0.05) is 26.0 Å². The molecule has 1 aliphatic heterocycles. The third kappa shape index (κ3) is 2.75. The van der Waals surface area contributed by atoms with Crippen molar-refractivity contribution in [1.29, 1.82) is 0 Å². The van der Waals surface area contributed by atoms with Gasteiger partial charge in [-0.2, -0.15) is 0 Å². The molecule has 0 radical (unpaired) electrons. The van der Waals surface area contributed by atoms with Gasteiger partial charge in [-0.05, 0) is 18.6 Å². The number of nitrogens with one attached hydrogen (secondary N) is 2. The fourth-order valence-corrected chi connectivity index (χ4v) is 3.52. The van der Waals surface area contributed by atoms with Crippen LogP contribution in [0.5, 0.6) is 0 Å². The lowest BCUT2D eigenvalue weighted by molar-refractivity contribution is -0.926. The average molecular weight is 272 g/mol. The molecule has 1 unspecified atom stereocenters. The van der Waals surface area contributed by atoms with E-state index in [2.05, 4.69) is 23.8 Å². The minimum atomic E-state index is -0.0249. The molecule has 0 spiro atoms. The number of hydrogen-bond acceptors (Lipinski definition) is 2. The molecule has 1 aromatic carbocycles. The van der Waals surface area contributed by atoms with Crippen LogP contribution in [0, 0.1) is 11.8 Å². The van der Waals surface area contributed by atoms with E-state index in [0.29, 0.717) is 5.39 Å². The molecule has 2 aromatic rings. The van der Waals surface area contributed by atoms with Crippen molar-refractivity contribution in [2.45, 2.75) is 26.8 Å². The number of likely N-dealkylation sites (tertiary alicyclic amines) is 1. The van der Waals surface area contributed by atoms with Crippen LogP contribution in [0.25, 0.3) is 10.9 Å². The third-order valence-corrected chi connectivity index (χ3v) is 4.16. The Morgan fingerprint density at radius 2 is 1.95 bits per heavy atom. The van der Waals surface area contributed by atoms with Gasteiger partial charge in [0, 0.05) is 11.8 Å². The molecular weight excluding hydrogens is 250 g/mol. The first-order valence-electron chi connectivity index (χ1n) is 7.43. The van der Waals surface area contributed by atoms with Gasteiger partial charge in [-0.25, -0.2) is 4.98 Å². The lowest BCUT2D eigenvalue weighted by atomic mass is 9.92. The monoisotopic (exact) mass is 272 g/mol. The zero-order valence-electron chi connectivity index (χ0n) is 12.1. The Labute approximate surface area is 118 Å². The van der Waals surface area contributed by atoms with Crippen molar-refractivity contribution in [2.75, 3.05) is 13.1 Å². The number of para-hydroxylation sites is 1. The highest BCUT2D eigenvalue weighted by atomic mass is 16.1. The Balaban J connectivity index is 1.86. The Bertz CT molecular complexity index is 654. The summed E-state index contributed by atoms with van der Waals surface area (Å²) < 4.78 is 0. The lowest BCUT2D eigenvalue weighted by Gasteiger charge is -2.31. The molecule has 3 atom stereocenters. The molecule has 1 saturated heterocycles. The lowest BCUT2D eigenvalue weighted by Crippen LogP contribution is -3.13. The summed E-state index contributed by atoms with van der Waals surface area (Å²) >= 11 is 0.